The molecule has 3 rings (SSSR count). The molecule has 1 aliphatic heterocycles. The maximum atomic E-state index is 14.4. The van der Waals surface area contributed by atoms with Crippen molar-refractivity contribution in [2.24, 2.45) is 5.41 Å². The Balaban J connectivity index is 1.96. The molecule has 1 aromatic heterocycles. The molecule has 36 heavy (non-hydrogen) atoms. The summed E-state index contributed by atoms with van der Waals surface area (Å²) in [5, 5.41) is 14.3. The molecule has 11 heteroatoms. The average Bonchev–Trinajstić information content (AvgIpc) is 3.26. The van der Waals surface area contributed by atoms with Gasteiger partial charge in [-0.25, -0.2) is 0 Å². The molecule has 1 amide bonds. The summed E-state index contributed by atoms with van der Waals surface area (Å²) in [6.07, 6.45) is -3.43. The fourth-order valence-corrected chi connectivity index (χ4v) is 4.93. The molecule has 8 nitrogen and oxygen atoms in total. The second-order valence-electron chi connectivity index (χ2n) is 8.83. The molecule has 0 aliphatic carbocycles. The zero-order valence-corrected chi connectivity index (χ0v) is 20.4. The highest BCUT2D eigenvalue weighted by molar-refractivity contribution is 5.88. The molecule has 0 bridgehead atoms. The quantitative estimate of drug-likeness (QED) is 0.504. The van der Waals surface area contributed by atoms with Crippen LogP contribution in [0, 0.1) is 23.7 Å². The van der Waals surface area contributed by atoms with E-state index in [1.807, 2.05) is 0 Å². The van der Waals surface area contributed by atoms with Crippen molar-refractivity contribution in [1.29, 1.82) is 5.26 Å². The second kappa shape index (κ2) is 10.7. The van der Waals surface area contributed by atoms with Gasteiger partial charge < -0.3 is 14.4 Å². The van der Waals surface area contributed by atoms with Crippen molar-refractivity contribution in [3.05, 3.63) is 53.9 Å². The average molecular weight is 507 g/mol. The van der Waals surface area contributed by atoms with Gasteiger partial charge in [-0.05, 0) is 32.8 Å². The van der Waals surface area contributed by atoms with Gasteiger partial charge in [-0.1, -0.05) is 30.3 Å². The topological polar surface area (TPSA) is 97.5 Å². The van der Waals surface area contributed by atoms with Crippen molar-refractivity contribution < 1.29 is 32.2 Å². The Hall–Kier alpha value is -3.39. The molecule has 1 unspecified atom stereocenters. The molecule has 1 saturated heterocycles. The summed E-state index contributed by atoms with van der Waals surface area (Å²) in [4.78, 5) is 27.1. The van der Waals surface area contributed by atoms with E-state index in [0.717, 1.165) is 12.0 Å². The van der Waals surface area contributed by atoms with E-state index in [4.69, 9.17) is 9.47 Å². The van der Waals surface area contributed by atoms with Crippen LogP contribution in [-0.4, -0.2) is 59.5 Å². The lowest BCUT2D eigenvalue weighted by Gasteiger charge is -2.46. The molecular weight excluding hydrogens is 477 g/mol. The molecule has 2 atom stereocenters. The second-order valence-corrected chi connectivity index (χ2v) is 8.83. The Morgan fingerprint density at radius 2 is 1.83 bits per heavy atom. The van der Waals surface area contributed by atoms with Crippen LogP contribution in [-0.2, 0) is 24.7 Å². The van der Waals surface area contributed by atoms with Gasteiger partial charge in [-0.2, -0.15) is 23.5 Å². The highest BCUT2D eigenvalue weighted by atomic mass is 19.4. The number of aryl methyl sites for hydroxylation is 1. The number of hydrogen-bond acceptors (Lipinski definition) is 6. The molecule has 0 saturated carbocycles. The number of hydrogen-bond donors (Lipinski definition) is 0. The first-order chi connectivity index (χ1) is 17.1. The summed E-state index contributed by atoms with van der Waals surface area (Å²) in [6.45, 7) is 3.37. The largest absolute Gasteiger partial charge is 0.466 e. The number of methoxy groups -OCH3 is 1. The number of nitriles is 1. The van der Waals surface area contributed by atoms with Gasteiger partial charge in [0.15, 0.2) is 0 Å². The summed E-state index contributed by atoms with van der Waals surface area (Å²) >= 11 is 0. The number of rotatable bonds is 8. The van der Waals surface area contributed by atoms with Crippen LogP contribution in [0.25, 0.3) is 0 Å². The van der Waals surface area contributed by atoms with Gasteiger partial charge >= 0.3 is 12.1 Å². The van der Waals surface area contributed by atoms with E-state index in [2.05, 4.69) is 11.2 Å². The maximum absolute atomic E-state index is 14.4. The molecule has 1 fully saturated rings. The molecule has 1 aliphatic rings. The van der Waals surface area contributed by atoms with E-state index in [1.54, 1.807) is 26.0 Å². The van der Waals surface area contributed by atoms with Crippen molar-refractivity contribution in [3.8, 4) is 6.07 Å². The number of carbonyl (C=O) groups excluding carboxylic acids is 2. The first-order valence-electron chi connectivity index (χ1n) is 11.6. The number of benzene rings is 1. The van der Waals surface area contributed by atoms with Crippen LogP contribution in [0.4, 0.5) is 13.2 Å². The third kappa shape index (κ3) is 4.82. The van der Waals surface area contributed by atoms with Gasteiger partial charge in [-0.15, -0.1) is 0 Å². The fraction of sp³-hybridized carbons (Fsp3) is 0.520. The lowest BCUT2D eigenvalue weighted by molar-refractivity contribution is -0.271. The predicted octanol–water partition coefficient (Wildman–Crippen LogP) is 3.92. The van der Waals surface area contributed by atoms with Gasteiger partial charge in [0, 0.05) is 43.1 Å². The van der Waals surface area contributed by atoms with Crippen molar-refractivity contribution >= 4 is 11.9 Å². The van der Waals surface area contributed by atoms with Crippen LogP contribution in [0.1, 0.15) is 43.5 Å². The van der Waals surface area contributed by atoms with Crippen LogP contribution in [0.5, 0.6) is 0 Å². The maximum Gasteiger partial charge on any atom is 0.430 e. The Morgan fingerprint density at radius 1 is 1.19 bits per heavy atom. The summed E-state index contributed by atoms with van der Waals surface area (Å²) in [7, 11) is 0.861. The van der Waals surface area contributed by atoms with Gasteiger partial charge in [0.2, 0.25) is 0 Å². The lowest BCUT2D eigenvalue weighted by Crippen LogP contribution is -2.59. The van der Waals surface area contributed by atoms with E-state index < -0.39 is 35.1 Å². The molecule has 0 N–H and O–H groups in total. The van der Waals surface area contributed by atoms with E-state index >= 15 is 0 Å². The minimum atomic E-state index is -5.03. The first kappa shape index (κ1) is 27.2. The third-order valence-electron chi connectivity index (χ3n) is 6.85. The number of halogens is 3. The molecule has 2 aromatic rings. The van der Waals surface area contributed by atoms with Gasteiger partial charge in [0.05, 0.1) is 19.1 Å². The summed E-state index contributed by atoms with van der Waals surface area (Å²) in [5.41, 5.74) is -3.80. The van der Waals surface area contributed by atoms with Crippen LogP contribution in [0.2, 0.25) is 0 Å². The van der Waals surface area contributed by atoms with Crippen molar-refractivity contribution in [3.63, 3.8) is 0 Å². The van der Waals surface area contributed by atoms with Crippen LogP contribution in [0.15, 0.2) is 42.6 Å². The first-order valence-corrected chi connectivity index (χ1v) is 11.6. The van der Waals surface area contributed by atoms with E-state index in [9.17, 15) is 28.0 Å². The number of likely N-dealkylation sites (tertiary alicyclic amines) is 1. The number of ether oxygens (including phenoxy) is 2. The van der Waals surface area contributed by atoms with E-state index in [1.165, 1.54) is 35.1 Å². The van der Waals surface area contributed by atoms with Crippen LogP contribution >= 0.6 is 0 Å². The smallest absolute Gasteiger partial charge is 0.430 e. The molecular formula is C25H29F3N4O4. The minimum Gasteiger partial charge on any atom is -0.466 e. The summed E-state index contributed by atoms with van der Waals surface area (Å²) in [5.74, 6) is -1.76. The number of alkyl halides is 3. The SMILES string of the molecule is CCOC(=O)CC1(C(C#N)n2nccc2C)CCN(C(=O)[C@](OC)(c2ccccc2)C(F)(F)F)CC1. The highest BCUT2D eigenvalue weighted by Gasteiger charge is 2.64. The van der Waals surface area contributed by atoms with Crippen molar-refractivity contribution in [2.75, 3.05) is 26.8 Å². The molecule has 2 heterocycles. The monoisotopic (exact) mass is 506 g/mol. The third-order valence-corrected chi connectivity index (χ3v) is 6.85. The lowest BCUT2D eigenvalue weighted by atomic mass is 9.70. The molecule has 0 radical (unpaired) electrons. The number of nitrogens with zero attached hydrogens (tertiary/aromatic N) is 4. The minimum absolute atomic E-state index is 0.0987. The van der Waals surface area contributed by atoms with Crippen LogP contribution in [0.3, 0.4) is 0 Å². The van der Waals surface area contributed by atoms with E-state index in [-0.39, 0.29) is 44.5 Å². The predicted molar refractivity (Wildman–Crippen MR) is 122 cm³/mol. The van der Waals surface area contributed by atoms with Crippen LogP contribution < -0.4 is 0 Å². The number of piperidine rings is 1. The molecule has 194 valence electrons. The zero-order chi connectivity index (χ0) is 26.6. The van der Waals surface area contributed by atoms with Gasteiger partial charge in [-0.3, -0.25) is 14.3 Å². The Bertz CT molecular complexity index is 1100. The fourth-order valence-electron chi connectivity index (χ4n) is 4.93. The Kier molecular flexibility index (Phi) is 8.09. The Labute approximate surface area is 207 Å². The molecule has 1 aromatic carbocycles. The van der Waals surface area contributed by atoms with Crippen molar-refractivity contribution in [2.45, 2.75) is 50.9 Å². The molecule has 0 spiro atoms. The van der Waals surface area contributed by atoms with Crippen molar-refractivity contribution in [1.82, 2.24) is 14.7 Å². The van der Waals surface area contributed by atoms with Gasteiger partial charge in [0.25, 0.3) is 11.5 Å². The number of aromatic nitrogens is 2. The zero-order valence-electron chi connectivity index (χ0n) is 20.4. The normalized spacial score (nSPS) is 18.1. The number of esters is 1. The van der Waals surface area contributed by atoms with Gasteiger partial charge in [0.1, 0.15) is 6.04 Å². The Morgan fingerprint density at radius 3 is 2.31 bits per heavy atom. The number of carbonyl (C=O) groups is 2. The highest BCUT2D eigenvalue weighted by Crippen LogP contribution is 2.48. The standard InChI is InChI=1S/C25H29F3N4O4/c1-4-36-21(33)16-23(20(17-29)32-18(2)10-13-30-32)11-14-31(15-12-23)22(34)24(35-3,25(26,27)28)19-8-6-5-7-9-19/h5-10,13,20H,4,11-12,14-16H2,1-3H3/t20?,24-/m1/s1. The number of amides is 1. The summed E-state index contributed by atoms with van der Waals surface area (Å²) < 4.78 is 54.8. The van der Waals surface area contributed by atoms with E-state index in [0.29, 0.717) is 5.69 Å². The summed E-state index contributed by atoms with van der Waals surface area (Å²) in [6, 6.07) is 9.84.